The Morgan fingerprint density at radius 2 is 1.92 bits per heavy atom. The fraction of sp³-hybridized carbons (Fsp3) is 0.500. The summed E-state index contributed by atoms with van der Waals surface area (Å²) in [6, 6.07) is 3.33. The lowest BCUT2D eigenvalue weighted by Crippen LogP contribution is -2.43. The Kier molecular flexibility index (Phi) is 9.41. The molecule has 0 saturated heterocycles. The average molecular weight is 404 g/mol. The van der Waals surface area contributed by atoms with Gasteiger partial charge in [0.15, 0.2) is 0 Å². The van der Waals surface area contributed by atoms with Crippen LogP contribution in [0.2, 0.25) is 0 Å². The molecule has 6 nitrogen and oxygen atoms in total. The van der Waals surface area contributed by atoms with E-state index in [0.29, 0.717) is 12.6 Å². The molecule has 0 heterocycles. The number of nitrogens with one attached hydrogen (secondary N) is 3. The molecule has 0 spiro atoms. The Morgan fingerprint density at radius 3 is 2.48 bits per heavy atom. The van der Waals surface area contributed by atoms with E-state index >= 15 is 0 Å². The van der Waals surface area contributed by atoms with Crippen molar-refractivity contribution in [2.45, 2.75) is 31.0 Å². The standard InChI is InChI=1S/C14H20F3N3O3S.ClH/c1-3-18-10(2)8-19-13(21)9-20-24(22,23)12-6-4-5-11(7-12)14(15,16)17;/h4-7,10,18,20H,3,8-9H2,1-2H3,(H,19,21);1H/t10-;/m1./s1. The molecule has 1 amide bonds. The van der Waals surface area contributed by atoms with Crippen molar-refractivity contribution in [2.24, 2.45) is 0 Å². The van der Waals surface area contributed by atoms with E-state index in [2.05, 4.69) is 10.6 Å². The lowest BCUT2D eigenvalue weighted by atomic mass is 10.2. The molecule has 1 aromatic carbocycles. The average Bonchev–Trinajstić information content (AvgIpc) is 2.50. The Balaban J connectivity index is 0.00000576. The van der Waals surface area contributed by atoms with Gasteiger partial charge < -0.3 is 10.6 Å². The molecule has 0 aromatic heterocycles. The third-order valence-corrected chi connectivity index (χ3v) is 4.45. The molecule has 0 fully saturated rings. The van der Waals surface area contributed by atoms with E-state index in [4.69, 9.17) is 0 Å². The van der Waals surface area contributed by atoms with Gasteiger partial charge in [0.1, 0.15) is 0 Å². The second-order valence-corrected chi connectivity index (χ2v) is 6.88. The molecular weight excluding hydrogens is 383 g/mol. The van der Waals surface area contributed by atoms with Gasteiger partial charge in [0, 0.05) is 12.6 Å². The molecule has 0 saturated carbocycles. The zero-order chi connectivity index (χ0) is 18.4. The zero-order valence-corrected chi connectivity index (χ0v) is 15.3. The van der Waals surface area contributed by atoms with Crippen LogP contribution in [0.1, 0.15) is 19.4 Å². The van der Waals surface area contributed by atoms with Gasteiger partial charge in [-0.05, 0) is 31.7 Å². The fourth-order valence-electron chi connectivity index (χ4n) is 1.83. The van der Waals surface area contributed by atoms with Crippen LogP contribution < -0.4 is 15.4 Å². The molecule has 1 rings (SSSR count). The summed E-state index contributed by atoms with van der Waals surface area (Å²) in [5.41, 5.74) is -1.07. The van der Waals surface area contributed by atoms with Gasteiger partial charge in [-0.15, -0.1) is 12.4 Å². The van der Waals surface area contributed by atoms with E-state index in [1.807, 2.05) is 18.6 Å². The Morgan fingerprint density at radius 1 is 1.28 bits per heavy atom. The van der Waals surface area contributed by atoms with Crippen molar-refractivity contribution in [1.82, 2.24) is 15.4 Å². The number of likely N-dealkylation sites (N-methyl/N-ethyl adjacent to an activating group) is 1. The molecule has 144 valence electrons. The molecule has 1 atom stereocenters. The first-order chi connectivity index (χ1) is 11.1. The van der Waals surface area contributed by atoms with E-state index in [9.17, 15) is 26.4 Å². The number of alkyl halides is 3. The van der Waals surface area contributed by atoms with Crippen LogP contribution in [0.4, 0.5) is 13.2 Å². The van der Waals surface area contributed by atoms with Gasteiger partial charge in [0.2, 0.25) is 15.9 Å². The molecule has 0 aliphatic rings. The highest BCUT2D eigenvalue weighted by Crippen LogP contribution is 2.30. The molecule has 0 aliphatic carbocycles. The van der Waals surface area contributed by atoms with Crippen LogP contribution in [-0.2, 0) is 21.0 Å². The smallest absolute Gasteiger partial charge is 0.353 e. The van der Waals surface area contributed by atoms with Crippen LogP contribution >= 0.6 is 12.4 Å². The quantitative estimate of drug-likeness (QED) is 0.614. The number of rotatable bonds is 8. The van der Waals surface area contributed by atoms with Crippen LogP contribution in [0, 0.1) is 0 Å². The van der Waals surface area contributed by atoms with Crippen LogP contribution in [0.5, 0.6) is 0 Å². The highest BCUT2D eigenvalue weighted by molar-refractivity contribution is 7.89. The number of carbonyl (C=O) groups is 1. The summed E-state index contributed by atoms with van der Waals surface area (Å²) < 4.78 is 63.8. The summed E-state index contributed by atoms with van der Waals surface area (Å²) in [6.07, 6.45) is -4.65. The monoisotopic (exact) mass is 403 g/mol. The van der Waals surface area contributed by atoms with E-state index in [-0.39, 0.29) is 18.4 Å². The second-order valence-electron chi connectivity index (χ2n) is 5.11. The van der Waals surface area contributed by atoms with E-state index in [0.717, 1.165) is 24.7 Å². The van der Waals surface area contributed by atoms with Crippen LogP contribution in [0.3, 0.4) is 0 Å². The van der Waals surface area contributed by atoms with Crippen molar-refractivity contribution in [3.05, 3.63) is 29.8 Å². The van der Waals surface area contributed by atoms with Gasteiger partial charge in [0.05, 0.1) is 17.0 Å². The summed E-state index contributed by atoms with van der Waals surface area (Å²) in [4.78, 5) is 11.1. The lowest BCUT2D eigenvalue weighted by Gasteiger charge is -2.14. The summed E-state index contributed by atoms with van der Waals surface area (Å²) in [7, 11) is -4.21. The number of sulfonamides is 1. The first kappa shape index (κ1) is 23.6. The van der Waals surface area contributed by atoms with Crippen LogP contribution in [-0.4, -0.2) is 40.0 Å². The summed E-state index contributed by atoms with van der Waals surface area (Å²) in [6.45, 7) is 4.21. The summed E-state index contributed by atoms with van der Waals surface area (Å²) >= 11 is 0. The van der Waals surface area contributed by atoms with Crippen molar-refractivity contribution < 1.29 is 26.4 Å². The van der Waals surface area contributed by atoms with Gasteiger partial charge in [0.25, 0.3) is 0 Å². The van der Waals surface area contributed by atoms with Crippen molar-refractivity contribution in [3.63, 3.8) is 0 Å². The molecule has 0 radical (unpaired) electrons. The zero-order valence-electron chi connectivity index (χ0n) is 13.7. The highest BCUT2D eigenvalue weighted by Gasteiger charge is 2.31. The fourth-order valence-corrected chi connectivity index (χ4v) is 2.86. The van der Waals surface area contributed by atoms with Gasteiger partial charge in [-0.1, -0.05) is 13.0 Å². The number of benzene rings is 1. The molecular formula is C14H21ClF3N3O3S. The van der Waals surface area contributed by atoms with Gasteiger partial charge in [-0.3, -0.25) is 4.79 Å². The third-order valence-electron chi connectivity index (χ3n) is 3.05. The van der Waals surface area contributed by atoms with Gasteiger partial charge in [-0.25, -0.2) is 13.1 Å². The molecule has 3 N–H and O–H groups in total. The minimum Gasteiger partial charge on any atom is -0.353 e. The number of amides is 1. The predicted octanol–water partition coefficient (Wildman–Crippen LogP) is 1.52. The lowest BCUT2D eigenvalue weighted by molar-refractivity contribution is -0.137. The van der Waals surface area contributed by atoms with Crippen molar-refractivity contribution >= 4 is 28.3 Å². The topological polar surface area (TPSA) is 87.3 Å². The van der Waals surface area contributed by atoms with Crippen molar-refractivity contribution in [2.75, 3.05) is 19.6 Å². The van der Waals surface area contributed by atoms with Crippen LogP contribution in [0.15, 0.2) is 29.2 Å². The van der Waals surface area contributed by atoms with E-state index < -0.39 is 39.1 Å². The normalized spacial score (nSPS) is 13.0. The maximum absolute atomic E-state index is 12.6. The summed E-state index contributed by atoms with van der Waals surface area (Å²) in [5.74, 6) is -0.574. The van der Waals surface area contributed by atoms with Crippen molar-refractivity contribution in [1.29, 1.82) is 0 Å². The van der Waals surface area contributed by atoms with Crippen molar-refractivity contribution in [3.8, 4) is 0 Å². The first-order valence-electron chi connectivity index (χ1n) is 7.23. The van der Waals surface area contributed by atoms with E-state index in [1.54, 1.807) is 0 Å². The maximum Gasteiger partial charge on any atom is 0.416 e. The highest BCUT2D eigenvalue weighted by atomic mass is 35.5. The number of hydrogen-bond donors (Lipinski definition) is 3. The Hall–Kier alpha value is -1.36. The molecule has 0 aliphatic heterocycles. The SMILES string of the molecule is CCN[C@H](C)CNC(=O)CNS(=O)(=O)c1cccc(C(F)(F)F)c1.Cl. The molecule has 1 aromatic rings. The Bertz CT molecular complexity index is 669. The number of carbonyl (C=O) groups excluding carboxylic acids is 1. The molecule has 25 heavy (non-hydrogen) atoms. The van der Waals surface area contributed by atoms with Gasteiger partial charge >= 0.3 is 6.18 Å². The molecule has 0 bridgehead atoms. The van der Waals surface area contributed by atoms with Crippen LogP contribution in [0.25, 0.3) is 0 Å². The van der Waals surface area contributed by atoms with Gasteiger partial charge in [-0.2, -0.15) is 13.2 Å². The second kappa shape index (κ2) is 9.95. The number of halogens is 4. The third kappa shape index (κ3) is 8.04. The number of hydrogen-bond acceptors (Lipinski definition) is 4. The first-order valence-corrected chi connectivity index (χ1v) is 8.71. The predicted molar refractivity (Wildman–Crippen MR) is 90.0 cm³/mol. The van der Waals surface area contributed by atoms with E-state index in [1.165, 1.54) is 0 Å². The summed E-state index contributed by atoms with van der Waals surface area (Å²) in [5, 5.41) is 5.58. The minimum absolute atomic E-state index is 0. The molecule has 0 unspecified atom stereocenters. The Labute approximate surface area is 151 Å². The minimum atomic E-state index is -4.65. The molecule has 11 heteroatoms. The largest absolute Gasteiger partial charge is 0.416 e. The maximum atomic E-state index is 12.6.